The van der Waals surface area contributed by atoms with Crippen LogP contribution in [0.1, 0.15) is 12.8 Å². The minimum absolute atomic E-state index is 0.127. The Labute approximate surface area is 101 Å². The van der Waals surface area contributed by atoms with E-state index in [1.807, 2.05) is 7.05 Å². The molecule has 4 nitrogen and oxygen atoms in total. The van der Waals surface area contributed by atoms with Crippen LogP contribution in [0.5, 0.6) is 0 Å². The number of carbonyl (C=O) groups is 1. The molecule has 2 unspecified atom stereocenters. The summed E-state index contributed by atoms with van der Waals surface area (Å²) in [4.78, 5) is 10.9. The van der Waals surface area contributed by atoms with Gasteiger partial charge in [-0.3, -0.25) is 4.79 Å². The predicted octanol–water partition coefficient (Wildman–Crippen LogP) is 0.907. The van der Waals surface area contributed by atoms with Crippen LogP contribution >= 0.6 is 11.8 Å². The van der Waals surface area contributed by atoms with Gasteiger partial charge in [-0.15, -0.1) is 0 Å². The Balaban J connectivity index is 2.11. The Kier molecular flexibility index (Phi) is 6.84. The molecule has 0 bridgehead atoms. The standard InChI is InChI=1S/C11H21NO3S/c1-12-10(9-3-5-15-7-9)8-16-6-4-11(13)14-2/h9-10,12H,3-8H2,1-2H3. The zero-order valence-corrected chi connectivity index (χ0v) is 10.8. The van der Waals surface area contributed by atoms with Gasteiger partial charge in [0, 0.05) is 30.1 Å². The van der Waals surface area contributed by atoms with Crippen molar-refractivity contribution in [2.24, 2.45) is 5.92 Å². The van der Waals surface area contributed by atoms with E-state index in [-0.39, 0.29) is 5.97 Å². The molecule has 1 heterocycles. The van der Waals surface area contributed by atoms with Gasteiger partial charge in [0.15, 0.2) is 0 Å². The first kappa shape index (κ1) is 13.8. The molecular formula is C11H21NO3S. The van der Waals surface area contributed by atoms with E-state index in [9.17, 15) is 4.79 Å². The smallest absolute Gasteiger partial charge is 0.306 e. The number of carbonyl (C=O) groups excluding carboxylic acids is 1. The van der Waals surface area contributed by atoms with Crippen LogP contribution in [0.2, 0.25) is 0 Å². The van der Waals surface area contributed by atoms with E-state index < -0.39 is 0 Å². The largest absolute Gasteiger partial charge is 0.469 e. The summed E-state index contributed by atoms with van der Waals surface area (Å²) in [5, 5.41) is 3.33. The molecule has 1 rings (SSSR count). The summed E-state index contributed by atoms with van der Waals surface area (Å²) >= 11 is 1.80. The summed E-state index contributed by atoms with van der Waals surface area (Å²) < 4.78 is 9.97. The topological polar surface area (TPSA) is 47.6 Å². The van der Waals surface area contributed by atoms with Gasteiger partial charge in [-0.25, -0.2) is 0 Å². The first-order valence-corrected chi connectivity index (χ1v) is 6.83. The van der Waals surface area contributed by atoms with Crippen LogP contribution in [0.25, 0.3) is 0 Å². The van der Waals surface area contributed by atoms with Gasteiger partial charge < -0.3 is 14.8 Å². The molecule has 1 fully saturated rings. The first-order valence-electron chi connectivity index (χ1n) is 5.67. The molecule has 1 N–H and O–H groups in total. The fourth-order valence-corrected chi connectivity index (χ4v) is 2.96. The van der Waals surface area contributed by atoms with Crippen LogP contribution in [0.15, 0.2) is 0 Å². The second-order valence-electron chi connectivity index (χ2n) is 3.92. The fourth-order valence-electron chi connectivity index (χ4n) is 1.79. The van der Waals surface area contributed by atoms with Crippen molar-refractivity contribution in [1.29, 1.82) is 0 Å². The molecule has 1 saturated heterocycles. The maximum absolute atomic E-state index is 10.9. The Morgan fingerprint density at radius 2 is 2.50 bits per heavy atom. The number of esters is 1. The molecular weight excluding hydrogens is 226 g/mol. The Bertz CT molecular complexity index is 207. The van der Waals surface area contributed by atoms with Crippen molar-refractivity contribution in [3.8, 4) is 0 Å². The highest BCUT2D eigenvalue weighted by atomic mass is 32.2. The lowest BCUT2D eigenvalue weighted by Gasteiger charge is -2.21. The zero-order chi connectivity index (χ0) is 11.8. The first-order chi connectivity index (χ1) is 7.77. The summed E-state index contributed by atoms with van der Waals surface area (Å²) in [7, 11) is 3.42. The van der Waals surface area contributed by atoms with Crippen molar-refractivity contribution in [3.63, 3.8) is 0 Å². The SMILES string of the molecule is CNC(CSCCC(=O)OC)C1CCOC1. The van der Waals surface area contributed by atoms with E-state index in [0.717, 1.165) is 31.1 Å². The van der Waals surface area contributed by atoms with E-state index in [1.165, 1.54) is 7.11 Å². The molecule has 0 aromatic rings. The normalized spacial score (nSPS) is 22.0. The second-order valence-corrected chi connectivity index (χ2v) is 5.07. The van der Waals surface area contributed by atoms with E-state index in [0.29, 0.717) is 18.4 Å². The maximum atomic E-state index is 10.9. The summed E-state index contributed by atoms with van der Waals surface area (Å²) in [6, 6.07) is 0.491. The highest BCUT2D eigenvalue weighted by Crippen LogP contribution is 2.19. The average molecular weight is 247 g/mol. The van der Waals surface area contributed by atoms with Crippen LogP contribution in [0.3, 0.4) is 0 Å². The number of hydrogen-bond donors (Lipinski definition) is 1. The third-order valence-electron chi connectivity index (χ3n) is 2.88. The van der Waals surface area contributed by atoms with E-state index in [1.54, 1.807) is 11.8 Å². The highest BCUT2D eigenvalue weighted by Gasteiger charge is 2.24. The third-order valence-corrected chi connectivity index (χ3v) is 3.97. The number of methoxy groups -OCH3 is 1. The summed E-state index contributed by atoms with van der Waals surface area (Å²) in [5.41, 5.74) is 0. The van der Waals surface area contributed by atoms with Crippen molar-refractivity contribution in [2.75, 3.05) is 38.9 Å². The van der Waals surface area contributed by atoms with Crippen LogP contribution in [0, 0.1) is 5.92 Å². The van der Waals surface area contributed by atoms with E-state index >= 15 is 0 Å². The quantitative estimate of drug-likeness (QED) is 0.535. The molecule has 0 aromatic carbocycles. The fraction of sp³-hybridized carbons (Fsp3) is 0.909. The van der Waals surface area contributed by atoms with Gasteiger partial charge in [-0.1, -0.05) is 0 Å². The molecule has 0 aliphatic carbocycles. The van der Waals surface area contributed by atoms with Gasteiger partial charge in [0.25, 0.3) is 0 Å². The van der Waals surface area contributed by atoms with Gasteiger partial charge in [-0.2, -0.15) is 11.8 Å². The molecule has 0 spiro atoms. The van der Waals surface area contributed by atoms with Crippen LogP contribution < -0.4 is 5.32 Å². The molecule has 0 amide bonds. The predicted molar refractivity (Wildman–Crippen MR) is 65.7 cm³/mol. The number of nitrogens with one attached hydrogen (secondary N) is 1. The molecule has 16 heavy (non-hydrogen) atoms. The number of rotatable bonds is 7. The molecule has 94 valence electrons. The summed E-state index contributed by atoms with van der Waals surface area (Å²) in [6.07, 6.45) is 1.64. The summed E-state index contributed by atoms with van der Waals surface area (Å²) in [5.74, 6) is 2.35. The Hall–Kier alpha value is -0.260. The molecule has 0 saturated carbocycles. The molecule has 1 aliphatic rings. The van der Waals surface area contributed by atoms with Gasteiger partial charge in [-0.05, 0) is 13.5 Å². The molecule has 2 atom stereocenters. The van der Waals surface area contributed by atoms with Crippen LogP contribution in [0.4, 0.5) is 0 Å². The van der Waals surface area contributed by atoms with Crippen molar-refractivity contribution in [3.05, 3.63) is 0 Å². The van der Waals surface area contributed by atoms with Gasteiger partial charge in [0.05, 0.1) is 20.1 Å². The molecule has 0 radical (unpaired) electrons. The highest BCUT2D eigenvalue weighted by molar-refractivity contribution is 7.99. The maximum Gasteiger partial charge on any atom is 0.306 e. The van der Waals surface area contributed by atoms with Gasteiger partial charge >= 0.3 is 5.97 Å². The number of thioether (sulfide) groups is 1. The van der Waals surface area contributed by atoms with E-state index in [2.05, 4.69) is 10.1 Å². The van der Waals surface area contributed by atoms with Gasteiger partial charge in [0.2, 0.25) is 0 Å². The lowest BCUT2D eigenvalue weighted by atomic mass is 10.0. The lowest BCUT2D eigenvalue weighted by Crippen LogP contribution is -2.36. The van der Waals surface area contributed by atoms with Crippen molar-refractivity contribution in [1.82, 2.24) is 5.32 Å². The molecule has 0 aromatic heterocycles. The third kappa shape index (κ3) is 4.72. The van der Waals surface area contributed by atoms with Crippen LogP contribution in [-0.2, 0) is 14.3 Å². The lowest BCUT2D eigenvalue weighted by molar-refractivity contribution is -0.140. The molecule has 1 aliphatic heterocycles. The van der Waals surface area contributed by atoms with Crippen molar-refractivity contribution < 1.29 is 14.3 Å². The number of ether oxygens (including phenoxy) is 2. The Morgan fingerprint density at radius 3 is 3.06 bits per heavy atom. The average Bonchev–Trinajstić information content (AvgIpc) is 2.82. The minimum Gasteiger partial charge on any atom is -0.469 e. The van der Waals surface area contributed by atoms with E-state index in [4.69, 9.17) is 4.74 Å². The second kappa shape index (κ2) is 7.92. The monoisotopic (exact) mass is 247 g/mol. The van der Waals surface area contributed by atoms with Crippen molar-refractivity contribution >= 4 is 17.7 Å². The molecule has 5 heteroatoms. The number of hydrogen-bond acceptors (Lipinski definition) is 5. The summed E-state index contributed by atoms with van der Waals surface area (Å²) in [6.45, 7) is 1.75. The minimum atomic E-state index is -0.127. The van der Waals surface area contributed by atoms with Crippen molar-refractivity contribution in [2.45, 2.75) is 18.9 Å². The van der Waals surface area contributed by atoms with Crippen LogP contribution in [-0.4, -0.2) is 50.9 Å². The zero-order valence-electron chi connectivity index (χ0n) is 10.0. The van der Waals surface area contributed by atoms with Gasteiger partial charge in [0.1, 0.15) is 0 Å². The Morgan fingerprint density at radius 1 is 1.69 bits per heavy atom.